The van der Waals surface area contributed by atoms with Gasteiger partial charge in [-0.3, -0.25) is 4.79 Å². The highest BCUT2D eigenvalue weighted by Gasteiger charge is 2.28. The molecular formula is C22H25N3O3S. The number of imidazole rings is 1. The lowest BCUT2D eigenvalue weighted by Gasteiger charge is -2.21. The predicted octanol–water partition coefficient (Wildman–Crippen LogP) is 3.68. The molecular weight excluding hydrogens is 386 g/mol. The summed E-state index contributed by atoms with van der Waals surface area (Å²) in [5.74, 6) is -0.254. The van der Waals surface area contributed by atoms with E-state index in [-0.39, 0.29) is 12.3 Å². The number of nitrogens with zero attached hydrogens (tertiary/aromatic N) is 2. The van der Waals surface area contributed by atoms with Gasteiger partial charge in [-0.15, -0.1) is 0 Å². The molecule has 1 aromatic heterocycles. The van der Waals surface area contributed by atoms with Crippen molar-refractivity contribution >= 4 is 26.8 Å². The van der Waals surface area contributed by atoms with Crippen LogP contribution in [0.5, 0.6) is 0 Å². The number of carbonyl (C=O) groups excluding carboxylic acids is 1. The first kappa shape index (κ1) is 19.8. The number of hydrogen-bond acceptors (Lipinski definition) is 4. The maximum Gasteiger partial charge on any atom is 0.214 e. The smallest absolute Gasteiger partial charge is 0.214 e. The predicted molar refractivity (Wildman–Crippen MR) is 114 cm³/mol. The normalized spacial score (nSPS) is 15.6. The van der Waals surface area contributed by atoms with Crippen LogP contribution in [0.2, 0.25) is 0 Å². The van der Waals surface area contributed by atoms with Crippen LogP contribution >= 0.6 is 0 Å². The van der Waals surface area contributed by atoms with Crippen LogP contribution in [0.1, 0.15) is 42.5 Å². The first-order valence-electron chi connectivity index (χ1n) is 9.98. The van der Waals surface area contributed by atoms with E-state index in [0.29, 0.717) is 29.4 Å². The molecule has 0 aliphatic heterocycles. The maximum atomic E-state index is 13.1. The lowest BCUT2D eigenvalue weighted by atomic mass is 9.99. The van der Waals surface area contributed by atoms with Crippen LogP contribution in [-0.2, 0) is 17.1 Å². The molecule has 29 heavy (non-hydrogen) atoms. The summed E-state index contributed by atoms with van der Waals surface area (Å²) < 4.78 is 29.6. The number of aromatic nitrogens is 2. The number of ketones is 1. The highest BCUT2D eigenvalue weighted by molar-refractivity contribution is 7.90. The molecule has 1 saturated carbocycles. The van der Waals surface area contributed by atoms with Crippen molar-refractivity contribution in [2.45, 2.75) is 37.4 Å². The van der Waals surface area contributed by atoms with Crippen molar-refractivity contribution in [3.8, 4) is 11.1 Å². The Morgan fingerprint density at radius 2 is 1.83 bits per heavy atom. The third-order valence-corrected chi connectivity index (χ3v) is 7.54. The Kier molecular flexibility index (Phi) is 5.52. The molecule has 3 aromatic rings. The van der Waals surface area contributed by atoms with E-state index in [0.717, 1.165) is 30.4 Å². The lowest BCUT2D eigenvalue weighted by molar-refractivity contribution is 0.0998. The fraction of sp³-hybridized carbons (Fsp3) is 0.364. The molecule has 1 heterocycles. The largest absolute Gasteiger partial charge is 0.333 e. The van der Waals surface area contributed by atoms with E-state index in [1.165, 1.54) is 0 Å². The van der Waals surface area contributed by atoms with Gasteiger partial charge in [-0.05, 0) is 36.1 Å². The summed E-state index contributed by atoms with van der Waals surface area (Å²) >= 11 is 0. The van der Waals surface area contributed by atoms with Gasteiger partial charge in [0, 0.05) is 12.6 Å². The molecule has 0 saturated heterocycles. The number of sulfonamides is 1. The van der Waals surface area contributed by atoms with Crippen molar-refractivity contribution in [3.05, 3.63) is 54.4 Å². The van der Waals surface area contributed by atoms with Crippen LogP contribution in [-0.4, -0.2) is 35.5 Å². The second-order valence-electron chi connectivity index (χ2n) is 7.66. The summed E-state index contributed by atoms with van der Waals surface area (Å²) in [5.41, 5.74) is 3.78. The van der Waals surface area contributed by atoms with Crippen LogP contribution < -0.4 is 4.72 Å². The monoisotopic (exact) mass is 411 g/mol. The van der Waals surface area contributed by atoms with E-state index >= 15 is 0 Å². The number of hydrogen-bond donors (Lipinski definition) is 1. The molecule has 0 amide bonds. The molecule has 0 bridgehead atoms. The Bertz CT molecular complexity index is 1130. The van der Waals surface area contributed by atoms with Gasteiger partial charge in [0.25, 0.3) is 0 Å². The molecule has 0 atom stereocenters. The molecule has 6 nitrogen and oxygen atoms in total. The Hall–Kier alpha value is -2.51. The van der Waals surface area contributed by atoms with E-state index in [4.69, 9.17) is 0 Å². The van der Waals surface area contributed by atoms with Crippen LogP contribution in [0, 0.1) is 0 Å². The van der Waals surface area contributed by atoms with E-state index in [1.54, 1.807) is 10.9 Å². The van der Waals surface area contributed by atoms with Crippen LogP contribution in [0.15, 0.2) is 48.8 Å². The van der Waals surface area contributed by atoms with Crippen LogP contribution in [0.3, 0.4) is 0 Å². The Morgan fingerprint density at radius 3 is 2.55 bits per heavy atom. The SMILES string of the molecule is Cn1cnc2cc(-c3ccccc3)cc(C(=O)CNS(=O)(=O)C3CCCCC3)c21. The molecule has 1 fully saturated rings. The third kappa shape index (κ3) is 4.11. The summed E-state index contributed by atoms with van der Waals surface area (Å²) in [4.78, 5) is 17.5. The van der Waals surface area contributed by atoms with Gasteiger partial charge < -0.3 is 4.57 Å². The highest BCUT2D eigenvalue weighted by atomic mass is 32.2. The number of aryl methyl sites for hydroxylation is 1. The molecule has 7 heteroatoms. The fourth-order valence-electron chi connectivity index (χ4n) is 4.06. The quantitative estimate of drug-likeness (QED) is 0.628. The van der Waals surface area contributed by atoms with E-state index in [9.17, 15) is 13.2 Å². The van der Waals surface area contributed by atoms with Crippen molar-refractivity contribution in [2.24, 2.45) is 7.05 Å². The van der Waals surface area contributed by atoms with Gasteiger partial charge in [0.15, 0.2) is 5.78 Å². The summed E-state index contributed by atoms with van der Waals surface area (Å²) in [6, 6.07) is 13.6. The Balaban J connectivity index is 1.63. The molecule has 1 aliphatic carbocycles. The standard InChI is InChI=1S/C22H25N3O3S/c1-25-15-23-20-13-17(16-8-4-2-5-9-16)12-19(22(20)25)21(26)14-24-29(27,28)18-10-6-3-7-11-18/h2,4-5,8-9,12-13,15,18,24H,3,6-7,10-11,14H2,1H3. The number of carbonyl (C=O) groups is 1. The van der Waals surface area contributed by atoms with E-state index in [1.807, 2.05) is 49.5 Å². The van der Waals surface area contributed by atoms with Crippen molar-refractivity contribution in [3.63, 3.8) is 0 Å². The Labute approximate surface area is 171 Å². The second-order valence-corrected chi connectivity index (χ2v) is 9.71. The molecule has 0 spiro atoms. The van der Waals surface area contributed by atoms with Gasteiger partial charge >= 0.3 is 0 Å². The molecule has 1 N–H and O–H groups in total. The fourth-order valence-corrected chi connectivity index (χ4v) is 5.58. The van der Waals surface area contributed by atoms with Gasteiger partial charge in [0.05, 0.1) is 29.2 Å². The maximum absolute atomic E-state index is 13.1. The van der Waals surface area contributed by atoms with Crippen LogP contribution in [0.25, 0.3) is 22.2 Å². The highest BCUT2D eigenvalue weighted by Crippen LogP contribution is 2.28. The van der Waals surface area contributed by atoms with E-state index < -0.39 is 15.3 Å². The first-order valence-corrected chi connectivity index (χ1v) is 11.5. The van der Waals surface area contributed by atoms with Gasteiger partial charge in [-0.25, -0.2) is 18.1 Å². The minimum atomic E-state index is -3.49. The number of fused-ring (bicyclic) bond motifs is 1. The minimum absolute atomic E-state index is 0.239. The summed E-state index contributed by atoms with van der Waals surface area (Å²) in [6.45, 7) is -0.239. The summed E-state index contributed by atoms with van der Waals surface area (Å²) in [6.07, 6.45) is 5.93. The zero-order valence-electron chi connectivity index (χ0n) is 16.5. The average molecular weight is 412 g/mol. The van der Waals surface area contributed by atoms with Gasteiger partial charge in [0.1, 0.15) is 0 Å². The molecule has 2 aromatic carbocycles. The number of nitrogens with one attached hydrogen (secondary N) is 1. The van der Waals surface area contributed by atoms with Crippen molar-refractivity contribution in [2.75, 3.05) is 6.54 Å². The number of rotatable bonds is 6. The lowest BCUT2D eigenvalue weighted by Crippen LogP contribution is -2.38. The minimum Gasteiger partial charge on any atom is -0.333 e. The molecule has 4 rings (SSSR count). The molecule has 0 unspecified atom stereocenters. The summed E-state index contributed by atoms with van der Waals surface area (Å²) in [7, 11) is -1.66. The zero-order chi connectivity index (χ0) is 20.4. The van der Waals surface area contributed by atoms with Gasteiger partial charge in [-0.2, -0.15) is 0 Å². The molecule has 1 aliphatic rings. The third-order valence-electron chi connectivity index (χ3n) is 5.65. The van der Waals surface area contributed by atoms with Crippen molar-refractivity contribution < 1.29 is 13.2 Å². The number of benzene rings is 2. The van der Waals surface area contributed by atoms with E-state index in [2.05, 4.69) is 9.71 Å². The van der Waals surface area contributed by atoms with Crippen LogP contribution in [0.4, 0.5) is 0 Å². The average Bonchev–Trinajstić information content (AvgIpc) is 3.13. The molecule has 152 valence electrons. The zero-order valence-corrected chi connectivity index (χ0v) is 17.3. The molecule has 0 radical (unpaired) electrons. The summed E-state index contributed by atoms with van der Waals surface area (Å²) in [5, 5.41) is -0.392. The van der Waals surface area contributed by atoms with Gasteiger partial charge in [-0.1, -0.05) is 49.6 Å². The number of Topliss-reactive ketones (excluding diaryl/α,β-unsaturated/α-hetero) is 1. The van der Waals surface area contributed by atoms with Crippen molar-refractivity contribution in [1.29, 1.82) is 0 Å². The second kappa shape index (κ2) is 8.08. The topological polar surface area (TPSA) is 81.1 Å². The first-order chi connectivity index (χ1) is 14.0. The van der Waals surface area contributed by atoms with Gasteiger partial charge in [0.2, 0.25) is 10.0 Å². The Morgan fingerprint density at radius 1 is 1.10 bits per heavy atom. The van der Waals surface area contributed by atoms with Crippen molar-refractivity contribution in [1.82, 2.24) is 14.3 Å².